The minimum absolute atomic E-state index is 0. The van der Waals surface area contributed by atoms with Crippen LogP contribution in [-0.4, -0.2) is 9.97 Å². The zero-order valence-electron chi connectivity index (χ0n) is 9.03. The highest BCUT2D eigenvalue weighted by Crippen LogP contribution is 2.14. The maximum absolute atomic E-state index is 4.09. The molecule has 0 bridgehead atoms. The topological polar surface area (TPSA) is 25.8 Å². The Bertz CT molecular complexity index is 224. The van der Waals surface area contributed by atoms with Crippen LogP contribution in [0.4, 0.5) is 4.70 Å². The molecule has 0 aliphatic carbocycles. The number of halogens is 1. The predicted octanol–water partition coefficient (Wildman–Crippen LogP) is 3.09. The number of hydrogen-bond donors (Lipinski definition) is 0. The highest BCUT2D eigenvalue weighted by molar-refractivity contribution is 5.17. The van der Waals surface area contributed by atoms with Crippen molar-refractivity contribution in [1.82, 2.24) is 9.97 Å². The Hall–Kier alpha value is -0.990. The van der Waals surface area contributed by atoms with E-state index in [0.717, 1.165) is 5.69 Å². The van der Waals surface area contributed by atoms with Crippen molar-refractivity contribution in [3.63, 3.8) is 0 Å². The Labute approximate surface area is 79.8 Å². The summed E-state index contributed by atoms with van der Waals surface area (Å²) in [5, 5.41) is 0. The smallest absolute Gasteiger partial charge is 0.115 e. The average Bonchev–Trinajstić information content (AvgIpc) is 2.08. The zero-order chi connectivity index (χ0) is 9.56. The summed E-state index contributed by atoms with van der Waals surface area (Å²) in [6.07, 6.45) is 3.47. The van der Waals surface area contributed by atoms with E-state index in [1.54, 1.807) is 6.33 Å². The van der Waals surface area contributed by atoms with Gasteiger partial charge in [0.15, 0.2) is 0 Å². The lowest BCUT2D eigenvalue weighted by Gasteiger charge is -2.05. The van der Waals surface area contributed by atoms with Crippen molar-refractivity contribution in [2.45, 2.75) is 40.5 Å². The molecule has 0 saturated heterocycles. The fourth-order valence-corrected chi connectivity index (χ4v) is 0.968. The lowest BCUT2D eigenvalue weighted by atomic mass is 10.0. The van der Waals surface area contributed by atoms with Gasteiger partial charge in [-0.2, -0.15) is 0 Å². The molecule has 3 heteroatoms. The monoisotopic (exact) mass is 186 g/mol. The summed E-state index contributed by atoms with van der Waals surface area (Å²) in [7, 11) is 0. The van der Waals surface area contributed by atoms with E-state index in [9.17, 15) is 0 Å². The third-order valence-electron chi connectivity index (χ3n) is 1.57. The molecule has 0 atom stereocenters. The molecule has 2 nitrogen and oxygen atoms in total. The maximum atomic E-state index is 4.09. The van der Waals surface area contributed by atoms with Crippen molar-refractivity contribution < 1.29 is 4.70 Å². The Morgan fingerprint density at radius 2 is 1.77 bits per heavy atom. The molecule has 13 heavy (non-hydrogen) atoms. The summed E-state index contributed by atoms with van der Waals surface area (Å²) < 4.78 is 0. The van der Waals surface area contributed by atoms with E-state index in [2.05, 4.69) is 23.8 Å². The summed E-state index contributed by atoms with van der Waals surface area (Å²) in [5.74, 6) is 0.529. The predicted molar refractivity (Wildman–Crippen MR) is 54.7 cm³/mol. The van der Waals surface area contributed by atoms with Gasteiger partial charge in [-0.25, -0.2) is 9.97 Å². The van der Waals surface area contributed by atoms with Gasteiger partial charge in [-0.1, -0.05) is 27.7 Å². The molecule has 0 radical (unpaired) electrons. The highest BCUT2D eigenvalue weighted by atomic mass is 19.0. The Balaban J connectivity index is 0. The molecule has 0 spiro atoms. The number of nitrogens with zero attached hydrogens (tertiary/aromatic N) is 2. The van der Waals surface area contributed by atoms with Crippen LogP contribution in [0.2, 0.25) is 0 Å². The fraction of sp³-hybridized carbons (Fsp3) is 0.600. The largest absolute Gasteiger partial charge is 0.269 e. The number of rotatable bonds is 1. The van der Waals surface area contributed by atoms with E-state index >= 15 is 0 Å². The van der Waals surface area contributed by atoms with Crippen molar-refractivity contribution in [1.29, 1.82) is 0 Å². The molecule has 0 aliphatic rings. The lowest BCUT2D eigenvalue weighted by molar-refractivity contribution is 0.828. The molecular weight excluding hydrogens is 167 g/mol. The Kier molecular flexibility index (Phi) is 8.55. The SMILES string of the molecule is CC.Cc1ncncc1C(C)C.F. The van der Waals surface area contributed by atoms with Crippen molar-refractivity contribution in [3.05, 3.63) is 23.8 Å². The van der Waals surface area contributed by atoms with Crippen LogP contribution in [-0.2, 0) is 0 Å². The van der Waals surface area contributed by atoms with Gasteiger partial charge in [-0.3, -0.25) is 4.70 Å². The minimum atomic E-state index is 0. The minimum Gasteiger partial charge on any atom is -0.269 e. The van der Waals surface area contributed by atoms with E-state index in [-0.39, 0.29) is 4.70 Å². The summed E-state index contributed by atoms with van der Waals surface area (Å²) in [6, 6.07) is 0. The van der Waals surface area contributed by atoms with E-state index in [1.165, 1.54) is 5.56 Å². The second kappa shape index (κ2) is 7.65. The van der Waals surface area contributed by atoms with Crippen LogP contribution in [0.3, 0.4) is 0 Å². The normalized spacial score (nSPS) is 8.46. The van der Waals surface area contributed by atoms with Crippen LogP contribution in [0.15, 0.2) is 12.5 Å². The summed E-state index contributed by atoms with van der Waals surface area (Å²) in [6.45, 7) is 10.3. The van der Waals surface area contributed by atoms with Gasteiger partial charge in [0.05, 0.1) is 0 Å². The molecule has 1 aromatic heterocycles. The molecule has 0 fully saturated rings. The summed E-state index contributed by atoms with van der Waals surface area (Å²) in [4.78, 5) is 8.04. The number of hydrogen-bond acceptors (Lipinski definition) is 2. The molecular formula is C10H19FN2. The van der Waals surface area contributed by atoms with Crippen LogP contribution in [0.1, 0.15) is 44.9 Å². The van der Waals surface area contributed by atoms with Gasteiger partial charge in [0.25, 0.3) is 0 Å². The molecule has 0 amide bonds. The summed E-state index contributed by atoms with van der Waals surface area (Å²) in [5.41, 5.74) is 2.33. The van der Waals surface area contributed by atoms with Gasteiger partial charge >= 0.3 is 0 Å². The molecule has 0 saturated carbocycles. The van der Waals surface area contributed by atoms with Gasteiger partial charge in [-0.15, -0.1) is 0 Å². The van der Waals surface area contributed by atoms with Crippen LogP contribution < -0.4 is 0 Å². The standard InChI is InChI=1S/C8H12N2.C2H6.FH/c1-6(2)8-4-9-5-10-7(8)3;1-2;/h4-6H,1-3H3;1-2H3;1H. The quantitative estimate of drug-likeness (QED) is 0.673. The first-order valence-electron chi connectivity index (χ1n) is 4.48. The first kappa shape index (κ1) is 14.5. The van der Waals surface area contributed by atoms with Crippen LogP contribution in [0.5, 0.6) is 0 Å². The second-order valence-corrected chi connectivity index (χ2v) is 2.72. The first-order chi connectivity index (χ1) is 5.72. The van der Waals surface area contributed by atoms with Gasteiger partial charge < -0.3 is 0 Å². The van der Waals surface area contributed by atoms with Gasteiger partial charge in [0, 0.05) is 11.9 Å². The molecule has 76 valence electrons. The van der Waals surface area contributed by atoms with E-state index in [4.69, 9.17) is 0 Å². The van der Waals surface area contributed by atoms with E-state index < -0.39 is 0 Å². The van der Waals surface area contributed by atoms with Gasteiger partial charge in [-0.05, 0) is 18.4 Å². The highest BCUT2D eigenvalue weighted by Gasteiger charge is 2.01. The average molecular weight is 186 g/mol. The van der Waals surface area contributed by atoms with Crippen LogP contribution in [0.25, 0.3) is 0 Å². The third-order valence-corrected chi connectivity index (χ3v) is 1.57. The van der Waals surface area contributed by atoms with Crippen molar-refractivity contribution in [2.75, 3.05) is 0 Å². The molecule has 0 N–H and O–H groups in total. The van der Waals surface area contributed by atoms with Crippen LogP contribution >= 0.6 is 0 Å². The zero-order valence-corrected chi connectivity index (χ0v) is 9.03. The van der Waals surface area contributed by atoms with Gasteiger partial charge in [0.2, 0.25) is 0 Å². The van der Waals surface area contributed by atoms with E-state index in [0.29, 0.717) is 5.92 Å². The molecule has 0 unspecified atom stereocenters. The maximum Gasteiger partial charge on any atom is 0.115 e. The van der Waals surface area contributed by atoms with Crippen molar-refractivity contribution in [3.8, 4) is 0 Å². The van der Waals surface area contributed by atoms with Gasteiger partial charge in [0.1, 0.15) is 6.33 Å². The van der Waals surface area contributed by atoms with E-state index in [1.807, 2.05) is 27.0 Å². The molecule has 0 aliphatic heterocycles. The van der Waals surface area contributed by atoms with Crippen LogP contribution in [0, 0.1) is 6.92 Å². The molecule has 0 aromatic carbocycles. The first-order valence-corrected chi connectivity index (χ1v) is 4.48. The Morgan fingerprint density at radius 1 is 1.23 bits per heavy atom. The van der Waals surface area contributed by atoms with Crippen molar-refractivity contribution >= 4 is 0 Å². The summed E-state index contributed by atoms with van der Waals surface area (Å²) >= 11 is 0. The molecule has 1 rings (SSSR count). The Morgan fingerprint density at radius 3 is 2.08 bits per heavy atom. The fourth-order valence-electron chi connectivity index (χ4n) is 0.968. The third kappa shape index (κ3) is 4.55. The molecule has 1 heterocycles. The number of aryl methyl sites for hydroxylation is 1. The number of aromatic nitrogens is 2. The molecule has 1 aromatic rings. The van der Waals surface area contributed by atoms with Crippen molar-refractivity contribution in [2.24, 2.45) is 0 Å². The second-order valence-electron chi connectivity index (χ2n) is 2.72. The lowest BCUT2D eigenvalue weighted by Crippen LogP contribution is -1.95.